The summed E-state index contributed by atoms with van der Waals surface area (Å²) in [5, 5.41) is 5.01. The number of rotatable bonds is 7. The highest BCUT2D eigenvalue weighted by molar-refractivity contribution is 5.91. The van der Waals surface area contributed by atoms with Crippen molar-refractivity contribution in [3.8, 4) is 17.2 Å². The molecule has 0 saturated carbocycles. The van der Waals surface area contributed by atoms with E-state index in [0.29, 0.717) is 11.5 Å². The normalized spacial score (nSPS) is 11.0. The summed E-state index contributed by atoms with van der Waals surface area (Å²) in [7, 11) is 4.78. The summed E-state index contributed by atoms with van der Waals surface area (Å²) in [6, 6.07) is 11.1. The fourth-order valence-electron chi connectivity index (χ4n) is 3.02. The fraction of sp³-hybridized carbons (Fsp3) is 0.238. The highest BCUT2D eigenvalue weighted by Gasteiger charge is 2.13. The topological polar surface area (TPSA) is 84.9 Å². The maximum absolute atomic E-state index is 12.4. The first-order chi connectivity index (χ1) is 13.5. The highest BCUT2D eigenvalue weighted by Crippen LogP contribution is 2.27. The predicted molar refractivity (Wildman–Crippen MR) is 109 cm³/mol. The van der Waals surface area contributed by atoms with Gasteiger partial charge in [-0.25, -0.2) is 5.43 Å². The number of aryl methyl sites for hydroxylation is 1. The fourth-order valence-corrected chi connectivity index (χ4v) is 3.02. The lowest BCUT2D eigenvalue weighted by Crippen LogP contribution is -2.20. The molecule has 0 aliphatic carbocycles. The third kappa shape index (κ3) is 4.09. The Hall–Kier alpha value is -3.48. The molecule has 3 aromatic rings. The van der Waals surface area contributed by atoms with Gasteiger partial charge in [0.1, 0.15) is 17.2 Å². The van der Waals surface area contributed by atoms with Crippen molar-refractivity contribution < 1.29 is 19.0 Å². The van der Waals surface area contributed by atoms with E-state index in [2.05, 4.69) is 15.5 Å². The van der Waals surface area contributed by atoms with Crippen molar-refractivity contribution in [3.05, 3.63) is 53.2 Å². The number of nitrogens with zero attached hydrogens (tertiary/aromatic N) is 1. The number of benzene rings is 2. The van der Waals surface area contributed by atoms with E-state index in [1.54, 1.807) is 39.7 Å². The molecule has 2 aromatic carbocycles. The minimum atomic E-state index is -0.212. The van der Waals surface area contributed by atoms with Gasteiger partial charge in [0, 0.05) is 28.2 Å². The van der Waals surface area contributed by atoms with Crippen LogP contribution in [0.5, 0.6) is 17.2 Å². The van der Waals surface area contributed by atoms with Crippen LogP contribution in [-0.2, 0) is 11.2 Å². The molecule has 3 rings (SSSR count). The van der Waals surface area contributed by atoms with Gasteiger partial charge in [0.05, 0.1) is 34.0 Å². The molecule has 2 N–H and O–H groups in total. The van der Waals surface area contributed by atoms with Crippen molar-refractivity contribution in [1.29, 1.82) is 0 Å². The second-order valence-corrected chi connectivity index (χ2v) is 6.22. The lowest BCUT2D eigenvalue weighted by atomic mass is 10.1. The Morgan fingerprint density at radius 3 is 2.50 bits per heavy atom. The molecule has 1 heterocycles. The Balaban J connectivity index is 1.72. The van der Waals surface area contributed by atoms with Gasteiger partial charge >= 0.3 is 0 Å². The molecule has 7 heteroatoms. The number of ether oxygens (including phenoxy) is 3. The van der Waals surface area contributed by atoms with Crippen molar-refractivity contribution in [3.63, 3.8) is 0 Å². The Bertz CT molecular complexity index is 1020. The van der Waals surface area contributed by atoms with Crippen LogP contribution in [0.1, 0.15) is 16.8 Å². The maximum Gasteiger partial charge on any atom is 0.244 e. The molecule has 7 nitrogen and oxygen atoms in total. The minimum Gasteiger partial charge on any atom is -0.497 e. The number of methoxy groups -OCH3 is 3. The summed E-state index contributed by atoms with van der Waals surface area (Å²) in [6.45, 7) is 1.95. The number of aromatic amines is 1. The Morgan fingerprint density at radius 1 is 1.07 bits per heavy atom. The first-order valence-electron chi connectivity index (χ1n) is 8.74. The average molecular weight is 381 g/mol. The zero-order valence-electron chi connectivity index (χ0n) is 16.3. The van der Waals surface area contributed by atoms with Gasteiger partial charge in [-0.1, -0.05) is 0 Å². The van der Waals surface area contributed by atoms with E-state index in [4.69, 9.17) is 14.2 Å². The number of H-pyrrole nitrogens is 1. The van der Waals surface area contributed by atoms with E-state index in [1.807, 2.05) is 31.2 Å². The third-order valence-corrected chi connectivity index (χ3v) is 4.50. The number of amides is 1. The number of nitrogens with one attached hydrogen (secondary N) is 2. The van der Waals surface area contributed by atoms with E-state index in [-0.39, 0.29) is 12.3 Å². The number of carbonyl (C=O) groups is 1. The zero-order valence-corrected chi connectivity index (χ0v) is 16.3. The lowest BCUT2D eigenvalue weighted by molar-refractivity contribution is -0.120. The van der Waals surface area contributed by atoms with E-state index in [9.17, 15) is 4.79 Å². The molecule has 1 aromatic heterocycles. The molecule has 146 valence electrons. The van der Waals surface area contributed by atoms with Crippen molar-refractivity contribution in [2.24, 2.45) is 5.10 Å². The molecule has 0 fully saturated rings. The minimum absolute atomic E-state index is 0.204. The van der Waals surface area contributed by atoms with Crippen LogP contribution in [0.25, 0.3) is 10.9 Å². The van der Waals surface area contributed by atoms with Crippen LogP contribution >= 0.6 is 0 Å². The maximum atomic E-state index is 12.4. The second-order valence-electron chi connectivity index (χ2n) is 6.22. The molecule has 0 atom stereocenters. The summed E-state index contributed by atoms with van der Waals surface area (Å²) in [5.41, 5.74) is 6.13. The standard InChI is InChI=1S/C21H23N3O4/c1-13-17(18-9-15(26-2)7-8-19(18)23-13)11-21(25)24-22-12-14-5-6-16(27-3)10-20(14)28-4/h5-10,12,23H,11H2,1-4H3,(H,24,25)/b22-12+. The van der Waals surface area contributed by atoms with Gasteiger partial charge in [0.2, 0.25) is 5.91 Å². The number of hydrogen-bond donors (Lipinski definition) is 2. The van der Waals surface area contributed by atoms with E-state index >= 15 is 0 Å². The van der Waals surface area contributed by atoms with Crippen molar-refractivity contribution in [2.75, 3.05) is 21.3 Å². The van der Waals surface area contributed by atoms with Crippen LogP contribution in [0.4, 0.5) is 0 Å². The average Bonchev–Trinajstić information content (AvgIpc) is 3.02. The molecule has 0 aliphatic rings. The largest absolute Gasteiger partial charge is 0.497 e. The van der Waals surface area contributed by atoms with Gasteiger partial charge in [-0.15, -0.1) is 0 Å². The van der Waals surface area contributed by atoms with E-state index < -0.39 is 0 Å². The molecule has 1 amide bonds. The van der Waals surface area contributed by atoms with Crippen molar-refractivity contribution in [1.82, 2.24) is 10.4 Å². The Morgan fingerprint density at radius 2 is 1.79 bits per heavy atom. The monoisotopic (exact) mass is 381 g/mol. The summed E-state index contributed by atoms with van der Waals surface area (Å²) < 4.78 is 15.8. The molecule has 0 aliphatic heterocycles. The molecule has 0 saturated heterocycles. The van der Waals surface area contributed by atoms with Gasteiger partial charge in [0.25, 0.3) is 0 Å². The van der Waals surface area contributed by atoms with Crippen LogP contribution < -0.4 is 19.6 Å². The number of hydrazone groups is 1. The molecule has 0 spiro atoms. The first-order valence-corrected chi connectivity index (χ1v) is 8.74. The molecular formula is C21H23N3O4. The molecule has 0 unspecified atom stereocenters. The first kappa shape index (κ1) is 19.3. The highest BCUT2D eigenvalue weighted by atomic mass is 16.5. The summed E-state index contributed by atoms with van der Waals surface area (Å²) in [6.07, 6.45) is 1.75. The summed E-state index contributed by atoms with van der Waals surface area (Å²) in [4.78, 5) is 15.7. The van der Waals surface area contributed by atoms with Gasteiger partial charge in [-0.2, -0.15) is 5.10 Å². The van der Waals surface area contributed by atoms with Gasteiger partial charge < -0.3 is 19.2 Å². The molecule has 0 bridgehead atoms. The van der Waals surface area contributed by atoms with Gasteiger partial charge in [0.15, 0.2) is 0 Å². The van der Waals surface area contributed by atoms with Crippen LogP contribution in [-0.4, -0.2) is 38.4 Å². The van der Waals surface area contributed by atoms with Crippen LogP contribution in [0.15, 0.2) is 41.5 Å². The Labute approximate surface area is 163 Å². The van der Waals surface area contributed by atoms with Crippen molar-refractivity contribution in [2.45, 2.75) is 13.3 Å². The molecular weight excluding hydrogens is 358 g/mol. The summed E-state index contributed by atoms with van der Waals surface area (Å²) >= 11 is 0. The predicted octanol–water partition coefficient (Wildman–Crippen LogP) is 3.19. The number of aromatic nitrogens is 1. The zero-order chi connectivity index (χ0) is 20.1. The van der Waals surface area contributed by atoms with E-state index in [1.165, 1.54) is 0 Å². The van der Waals surface area contributed by atoms with Gasteiger partial charge in [-0.05, 0) is 42.8 Å². The molecule has 28 heavy (non-hydrogen) atoms. The number of fused-ring (bicyclic) bond motifs is 1. The second kappa shape index (κ2) is 8.47. The van der Waals surface area contributed by atoms with Crippen LogP contribution in [0.2, 0.25) is 0 Å². The SMILES string of the molecule is COc1ccc(/C=N/NC(=O)Cc2c(C)[nH]c3ccc(OC)cc23)c(OC)c1. The molecule has 0 radical (unpaired) electrons. The number of hydrogen-bond acceptors (Lipinski definition) is 5. The smallest absolute Gasteiger partial charge is 0.244 e. The van der Waals surface area contributed by atoms with Gasteiger partial charge in [-0.3, -0.25) is 4.79 Å². The summed E-state index contributed by atoms with van der Waals surface area (Å²) in [5.74, 6) is 1.83. The number of carbonyl (C=O) groups excluding carboxylic acids is 1. The quantitative estimate of drug-likeness (QED) is 0.486. The van der Waals surface area contributed by atoms with E-state index in [0.717, 1.165) is 33.5 Å². The van der Waals surface area contributed by atoms with Crippen molar-refractivity contribution >= 4 is 23.0 Å². The third-order valence-electron chi connectivity index (χ3n) is 4.50. The van der Waals surface area contributed by atoms with Crippen LogP contribution in [0, 0.1) is 6.92 Å². The van der Waals surface area contributed by atoms with Crippen LogP contribution in [0.3, 0.4) is 0 Å². The lowest BCUT2D eigenvalue weighted by Gasteiger charge is -2.07. The Kier molecular flexibility index (Phi) is 5.84.